The molecule has 32 heavy (non-hydrogen) atoms. The number of benzene rings is 1. The van der Waals surface area contributed by atoms with E-state index < -0.39 is 0 Å². The molecule has 1 aromatic carbocycles. The smallest absolute Gasteiger partial charge is 0.220 e. The Morgan fingerprint density at radius 3 is 2.53 bits per heavy atom. The third-order valence-corrected chi connectivity index (χ3v) is 6.96. The number of carbonyl (C=O) groups is 2. The zero-order chi connectivity index (χ0) is 22.6. The van der Waals surface area contributed by atoms with E-state index in [4.69, 9.17) is 0 Å². The van der Waals surface area contributed by atoms with Crippen LogP contribution in [0.1, 0.15) is 62.2 Å². The molecule has 5 rings (SSSR count). The van der Waals surface area contributed by atoms with Crippen LogP contribution < -0.4 is 10.6 Å². The molecule has 3 fully saturated rings. The summed E-state index contributed by atoms with van der Waals surface area (Å²) in [6.45, 7) is 0.716. The van der Waals surface area contributed by atoms with Gasteiger partial charge in [-0.3, -0.25) is 9.59 Å². The Morgan fingerprint density at radius 2 is 1.88 bits per heavy atom. The van der Waals surface area contributed by atoms with Crippen LogP contribution in [0.2, 0.25) is 0 Å². The molecule has 0 aliphatic heterocycles. The molecule has 1 atom stereocenters. The van der Waals surface area contributed by atoms with E-state index in [1.807, 2.05) is 18.2 Å². The first-order chi connectivity index (χ1) is 15.4. The van der Waals surface area contributed by atoms with Crippen LogP contribution in [0.15, 0.2) is 36.5 Å². The van der Waals surface area contributed by atoms with Crippen LogP contribution in [0.25, 0.3) is 0 Å². The summed E-state index contributed by atoms with van der Waals surface area (Å²) in [5, 5.41) is 16.7. The Kier molecular flexibility index (Phi) is 6.60. The van der Waals surface area contributed by atoms with Crippen LogP contribution in [0.5, 0.6) is 0 Å². The molecule has 1 heterocycles. The van der Waals surface area contributed by atoms with Crippen LogP contribution in [-0.2, 0) is 16.0 Å². The van der Waals surface area contributed by atoms with Gasteiger partial charge in [0.05, 0.1) is 11.9 Å². The summed E-state index contributed by atoms with van der Waals surface area (Å²) in [6.07, 6.45) is 7.95. The van der Waals surface area contributed by atoms with Crippen molar-refractivity contribution in [1.29, 1.82) is 0 Å². The lowest BCUT2D eigenvalue weighted by Crippen LogP contribution is -2.76. The number of aromatic amines is 1. The maximum Gasteiger partial charge on any atom is 0.220 e. The van der Waals surface area contributed by atoms with Gasteiger partial charge in [0.15, 0.2) is 0 Å². The number of aryl methyl sites for hydroxylation is 1. The zero-order valence-corrected chi connectivity index (χ0v) is 19.1. The van der Waals surface area contributed by atoms with E-state index >= 15 is 0 Å². The number of rotatable bonds is 12. The van der Waals surface area contributed by atoms with E-state index in [2.05, 4.69) is 57.2 Å². The third-order valence-electron chi connectivity index (χ3n) is 6.96. The molecule has 3 saturated carbocycles. The molecule has 2 bridgehead atoms. The van der Waals surface area contributed by atoms with Gasteiger partial charge in [-0.25, -0.2) is 0 Å². The Hall–Kier alpha value is -2.74. The molecular formula is C24H34N6O2. The van der Waals surface area contributed by atoms with Crippen molar-refractivity contribution >= 4 is 11.8 Å². The highest BCUT2D eigenvalue weighted by atomic mass is 16.2. The minimum Gasteiger partial charge on any atom is -0.356 e. The molecule has 1 unspecified atom stereocenters. The Labute approximate surface area is 189 Å². The lowest BCUT2D eigenvalue weighted by atomic mass is 9.39. The summed E-state index contributed by atoms with van der Waals surface area (Å²) in [5.74, 6) is 0.227. The second-order valence-electron chi connectivity index (χ2n) is 9.88. The number of hydrogen-bond acceptors (Lipinski definition) is 5. The molecule has 0 radical (unpaired) electrons. The van der Waals surface area contributed by atoms with Crippen molar-refractivity contribution in [2.45, 2.75) is 62.9 Å². The molecule has 8 heteroatoms. The van der Waals surface area contributed by atoms with Crippen LogP contribution in [0, 0.1) is 5.41 Å². The third kappa shape index (κ3) is 5.18. The molecule has 0 spiro atoms. The molecule has 3 N–H and O–H groups in total. The summed E-state index contributed by atoms with van der Waals surface area (Å²) in [6, 6.07) is 10.6. The number of aromatic nitrogens is 3. The van der Waals surface area contributed by atoms with E-state index in [0.717, 1.165) is 44.2 Å². The van der Waals surface area contributed by atoms with E-state index in [9.17, 15) is 9.59 Å². The minimum absolute atomic E-state index is 0.0287. The lowest BCUT2D eigenvalue weighted by Gasteiger charge is -2.70. The van der Waals surface area contributed by atoms with Crippen LogP contribution in [-0.4, -0.2) is 58.3 Å². The summed E-state index contributed by atoms with van der Waals surface area (Å²) >= 11 is 0. The maximum atomic E-state index is 12.5. The Bertz CT molecular complexity index is 892. The van der Waals surface area contributed by atoms with Gasteiger partial charge in [-0.2, -0.15) is 15.4 Å². The summed E-state index contributed by atoms with van der Waals surface area (Å²) in [4.78, 5) is 26.9. The molecule has 172 valence electrons. The van der Waals surface area contributed by atoms with E-state index in [0.29, 0.717) is 19.4 Å². The zero-order valence-electron chi connectivity index (χ0n) is 19.1. The van der Waals surface area contributed by atoms with Crippen molar-refractivity contribution < 1.29 is 9.59 Å². The van der Waals surface area contributed by atoms with E-state index in [1.165, 1.54) is 5.56 Å². The largest absolute Gasteiger partial charge is 0.356 e. The van der Waals surface area contributed by atoms with Gasteiger partial charge in [0.1, 0.15) is 0 Å². The predicted octanol–water partition coefficient (Wildman–Crippen LogP) is 2.37. The fourth-order valence-corrected chi connectivity index (χ4v) is 5.49. The Balaban J connectivity index is 1.12. The molecular weight excluding hydrogens is 404 g/mol. The molecule has 2 amide bonds. The number of H-pyrrole nitrogens is 1. The number of nitrogens with zero attached hydrogens (tertiary/aromatic N) is 3. The quantitative estimate of drug-likeness (QED) is 0.472. The van der Waals surface area contributed by atoms with E-state index in [-0.39, 0.29) is 28.8 Å². The highest BCUT2D eigenvalue weighted by molar-refractivity contribution is 5.78. The fourth-order valence-electron chi connectivity index (χ4n) is 5.49. The first-order valence-electron chi connectivity index (χ1n) is 11.5. The van der Waals surface area contributed by atoms with Gasteiger partial charge in [0.25, 0.3) is 0 Å². The standard InChI is InChI=1S/C24H34N6O2/c1-30(2)20(18-7-4-3-5-8-18)11-12-21(31)25-17-23-14-24(15-23,16-23)27-22(32)10-6-9-19-13-26-29-28-19/h3-5,7-8,13,20H,6,9-12,14-17H2,1-2H3,(H,25,31)(H,27,32)(H,26,28,29). The van der Waals surface area contributed by atoms with Gasteiger partial charge in [-0.15, -0.1) is 0 Å². The van der Waals surface area contributed by atoms with Gasteiger partial charge in [-0.05, 0) is 63.6 Å². The van der Waals surface area contributed by atoms with Crippen molar-refractivity contribution in [2.75, 3.05) is 20.6 Å². The van der Waals surface area contributed by atoms with Crippen molar-refractivity contribution in [1.82, 2.24) is 30.9 Å². The predicted molar refractivity (Wildman–Crippen MR) is 122 cm³/mol. The van der Waals surface area contributed by atoms with Crippen molar-refractivity contribution in [2.24, 2.45) is 5.41 Å². The van der Waals surface area contributed by atoms with Crippen molar-refractivity contribution in [3.05, 3.63) is 47.8 Å². The average Bonchev–Trinajstić information content (AvgIpc) is 3.23. The van der Waals surface area contributed by atoms with Crippen LogP contribution in [0.3, 0.4) is 0 Å². The highest BCUT2D eigenvalue weighted by Crippen LogP contribution is 2.66. The second kappa shape index (κ2) is 9.40. The van der Waals surface area contributed by atoms with Gasteiger partial charge in [0.2, 0.25) is 11.8 Å². The van der Waals surface area contributed by atoms with Crippen LogP contribution >= 0.6 is 0 Å². The molecule has 1 aromatic heterocycles. The Morgan fingerprint density at radius 1 is 1.12 bits per heavy atom. The molecule has 2 aromatic rings. The van der Waals surface area contributed by atoms with Gasteiger partial charge in [0, 0.05) is 31.0 Å². The van der Waals surface area contributed by atoms with Gasteiger partial charge in [-0.1, -0.05) is 30.3 Å². The minimum atomic E-state index is -0.0287. The summed E-state index contributed by atoms with van der Waals surface area (Å²) in [5.41, 5.74) is 2.28. The first kappa shape index (κ1) is 22.5. The normalized spacial score (nSPS) is 24.3. The van der Waals surface area contributed by atoms with Gasteiger partial charge >= 0.3 is 0 Å². The molecule has 8 nitrogen and oxygen atoms in total. The maximum absolute atomic E-state index is 12.5. The SMILES string of the molecule is CN(C)C(CCC(=O)NCC12CC(NC(=O)CCCc3cn[nH]n3)(C1)C2)c1ccccc1. The number of amides is 2. The number of carbonyl (C=O) groups excluding carboxylic acids is 2. The van der Waals surface area contributed by atoms with Crippen molar-refractivity contribution in [3.8, 4) is 0 Å². The fraction of sp³-hybridized carbons (Fsp3) is 0.583. The highest BCUT2D eigenvalue weighted by Gasteiger charge is 2.68. The second-order valence-corrected chi connectivity index (χ2v) is 9.88. The number of nitrogens with one attached hydrogen (secondary N) is 3. The first-order valence-corrected chi connectivity index (χ1v) is 11.5. The van der Waals surface area contributed by atoms with Crippen LogP contribution in [0.4, 0.5) is 0 Å². The summed E-state index contributed by atoms with van der Waals surface area (Å²) in [7, 11) is 4.11. The van der Waals surface area contributed by atoms with Gasteiger partial charge < -0.3 is 15.5 Å². The molecule has 3 aliphatic carbocycles. The lowest BCUT2D eigenvalue weighted by molar-refractivity contribution is -0.165. The molecule has 0 saturated heterocycles. The molecule has 3 aliphatic rings. The average molecular weight is 439 g/mol. The number of hydrogen-bond donors (Lipinski definition) is 3. The van der Waals surface area contributed by atoms with E-state index in [1.54, 1.807) is 6.20 Å². The monoisotopic (exact) mass is 438 g/mol. The topological polar surface area (TPSA) is 103 Å². The van der Waals surface area contributed by atoms with Crippen molar-refractivity contribution in [3.63, 3.8) is 0 Å². The summed E-state index contributed by atoms with van der Waals surface area (Å²) < 4.78 is 0.